The van der Waals surface area contributed by atoms with E-state index in [1.807, 2.05) is 24.3 Å². The van der Waals surface area contributed by atoms with Gasteiger partial charge in [-0.2, -0.15) is 5.10 Å². The second kappa shape index (κ2) is 6.98. The maximum atomic E-state index is 11.3. The SMILES string of the molecule is NC(=O)C1CC1c1ccc(-c2nn(C3CC3)cc2Sc2ccc(Cl)cc2)cc1. The van der Waals surface area contributed by atoms with Crippen LogP contribution in [-0.2, 0) is 4.79 Å². The largest absolute Gasteiger partial charge is 0.369 e. The van der Waals surface area contributed by atoms with Gasteiger partial charge in [0.05, 0.1) is 10.9 Å². The fourth-order valence-electron chi connectivity index (χ4n) is 3.57. The minimum absolute atomic E-state index is 0.00375. The quantitative estimate of drug-likeness (QED) is 0.602. The lowest BCUT2D eigenvalue weighted by molar-refractivity contribution is -0.119. The van der Waals surface area contributed by atoms with Gasteiger partial charge in [0.2, 0.25) is 5.91 Å². The molecule has 0 saturated heterocycles. The smallest absolute Gasteiger partial charge is 0.221 e. The van der Waals surface area contributed by atoms with Gasteiger partial charge in [0.25, 0.3) is 0 Å². The van der Waals surface area contributed by atoms with Crippen LogP contribution < -0.4 is 5.73 Å². The minimum atomic E-state index is -0.195. The molecule has 5 rings (SSSR count). The van der Waals surface area contributed by atoms with E-state index in [1.54, 1.807) is 11.8 Å². The number of primary amides is 1. The van der Waals surface area contributed by atoms with Gasteiger partial charge < -0.3 is 5.73 Å². The number of benzene rings is 2. The molecule has 2 aliphatic rings. The van der Waals surface area contributed by atoms with Crippen molar-refractivity contribution in [3.8, 4) is 11.3 Å². The summed E-state index contributed by atoms with van der Waals surface area (Å²) in [6.07, 6.45) is 5.41. The van der Waals surface area contributed by atoms with Gasteiger partial charge in [-0.3, -0.25) is 9.48 Å². The fraction of sp³-hybridized carbons (Fsp3) is 0.273. The lowest BCUT2D eigenvalue weighted by atomic mass is 10.0. The second-order valence-electron chi connectivity index (χ2n) is 7.58. The summed E-state index contributed by atoms with van der Waals surface area (Å²) in [5.74, 6) is 0.0772. The van der Waals surface area contributed by atoms with E-state index in [-0.39, 0.29) is 17.7 Å². The lowest BCUT2D eigenvalue weighted by Crippen LogP contribution is -2.13. The van der Waals surface area contributed by atoms with E-state index in [2.05, 4.69) is 35.1 Å². The molecule has 2 N–H and O–H groups in total. The van der Waals surface area contributed by atoms with Crippen LogP contribution in [0.25, 0.3) is 11.3 Å². The fourth-order valence-corrected chi connectivity index (χ4v) is 4.64. The van der Waals surface area contributed by atoms with Crippen LogP contribution in [0.2, 0.25) is 5.02 Å². The Morgan fingerprint density at radius 1 is 1.11 bits per heavy atom. The highest BCUT2D eigenvalue weighted by Crippen LogP contribution is 2.47. The molecule has 2 unspecified atom stereocenters. The van der Waals surface area contributed by atoms with Crippen molar-refractivity contribution in [2.75, 3.05) is 0 Å². The van der Waals surface area contributed by atoms with Crippen molar-refractivity contribution in [1.82, 2.24) is 9.78 Å². The first-order chi connectivity index (χ1) is 13.6. The second-order valence-corrected chi connectivity index (χ2v) is 9.13. The number of hydrogen-bond donors (Lipinski definition) is 1. The third-order valence-electron chi connectivity index (χ3n) is 5.43. The molecule has 1 heterocycles. The molecule has 0 radical (unpaired) electrons. The molecule has 1 amide bonds. The number of rotatable bonds is 6. The highest BCUT2D eigenvalue weighted by atomic mass is 35.5. The molecule has 2 aliphatic carbocycles. The van der Waals surface area contributed by atoms with E-state index in [1.165, 1.54) is 18.4 Å². The van der Waals surface area contributed by atoms with Gasteiger partial charge in [0, 0.05) is 27.6 Å². The molecule has 2 fully saturated rings. The number of hydrogen-bond acceptors (Lipinski definition) is 3. The first-order valence-corrected chi connectivity index (χ1v) is 10.7. The molecule has 0 aliphatic heterocycles. The van der Waals surface area contributed by atoms with E-state index in [4.69, 9.17) is 22.4 Å². The molecule has 0 spiro atoms. The van der Waals surface area contributed by atoms with Crippen LogP contribution in [0.3, 0.4) is 0 Å². The first-order valence-electron chi connectivity index (χ1n) is 9.51. The predicted octanol–water partition coefficient (Wildman–Crippen LogP) is 5.28. The minimum Gasteiger partial charge on any atom is -0.369 e. The van der Waals surface area contributed by atoms with Crippen LogP contribution in [0.5, 0.6) is 0 Å². The normalized spacial score (nSPS) is 20.9. The summed E-state index contributed by atoms with van der Waals surface area (Å²) in [7, 11) is 0. The van der Waals surface area contributed by atoms with E-state index >= 15 is 0 Å². The van der Waals surface area contributed by atoms with Gasteiger partial charge in [-0.25, -0.2) is 0 Å². The zero-order valence-corrected chi connectivity index (χ0v) is 16.8. The Kier molecular flexibility index (Phi) is 4.44. The number of halogens is 1. The Balaban J connectivity index is 1.43. The van der Waals surface area contributed by atoms with Crippen molar-refractivity contribution in [2.45, 2.75) is 41.0 Å². The zero-order valence-electron chi connectivity index (χ0n) is 15.2. The average molecular weight is 410 g/mol. The standard InChI is InChI=1S/C22H20ClN3OS/c23-15-5-9-17(10-6-15)28-20-12-26(16-7-8-16)25-21(20)14-3-1-13(2-4-14)18-11-19(18)22(24)27/h1-6,9-10,12,16,18-19H,7-8,11H2,(H2,24,27). The molecule has 142 valence electrons. The van der Waals surface area contributed by atoms with E-state index < -0.39 is 0 Å². The molecular weight excluding hydrogens is 390 g/mol. The summed E-state index contributed by atoms with van der Waals surface area (Å²) in [5.41, 5.74) is 8.70. The van der Waals surface area contributed by atoms with Crippen LogP contribution in [-0.4, -0.2) is 15.7 Å². The van der Waals surface area contributed by atoms with Crippen molar-refractivity contribution in [3.05, 3.63) is 65.3 Å². The molecule has 2 saturated carbocycles. The molecule has 4 nitrogen and oxygen atoms in total. The topological polar surface area (TPSA) is 60.9 Å². The van der Waals surface area contributed by atoms with Crippen molar-refractivity contribution < 1.29 is 4.79 Å². The molecule has 3 aromatic rings. The van der Waals surface area contributed by atoms with Gasteiger partial charge in [-0.15, -0.1) is 0 Å². The Morgan fingerprint density at radius 2 is 1.82 bits per heavy atom. The molecule has 1 aromatic heterocycles. The van der Waals surface area contributed by atoms with Gasteiger partial charge in [-0.05, 0) is 55.0 Å². The summed E-state index contributed by atoms with van der Waals surface area (Å²) in [5, 5.41) is 5.62. The molecular formula is C22H20ClN3OS. The molecule has 2 aromatic carbocycles. The van der Waals surface area contributed by atoms with Gasteiger partial charge in [0.1, 0.15) is 5.69 Å². The number of nitrogens with two attached hydrogens (primary N) is 1. The summed E-state index contributed by atoms with van der Waals surface area (Å²) >= 11 is 7.72. The Labute approximate surface area is 173 Å². The first kappa shape index (κ1) is 17.8. The van der Waals surface area contributed by atoms with Gasteiger partial charge in [0.15, 0.2) is 0 Å². The Morgan fingerprint density at radius 3 is 2.43 bits per heavy atom. The lowest BCUT2D eigenvalue weighted by Gasteiger charge is -2.05. The van der Waals surface area contributed by atoms with Crippen LogP contribution in [0.4, 0.5) is 0 Å². The van der Waals surface area contributed by atoms with Crippen molar-refractivity contribution >= 4 is 29.3 Å². The number of carbonyl (C=O) groups excluding carboxylic acids is 1. The van der Waals surface area contributed by atoms with Crippen LogP contribution in [0.1, 0.15) is 36.8 Å². The van der Waals surface area contributed by atoms with Crippen molar-refractivity contribution in [2.24, 2.45) is 11.7 Å². The van der Waals surface area contributed by atoms with Crippen LogP contribution >= 0.6 is 23.4 Å². The van der Waals surface area contributed by atoms with E-state index in [9.17, 15) is 4.79 Å². The van der Waals surface area contributed by atoms with E-state index in [0.29, 0.717) is 6.04 Å². The molecule has 6 heteroatoms. The molecule has 28 heavy (non-hydrogen) atoms. The Hall–Kier alpha value is -2.24. The van der Waals surface area contributed by atoms with Crippen LogP contribution in [0.15, 0.2) is 64.5 Å². The third kappa shape index (κ3) is 3.56. The highest BCUT2D eigenvalue weighted by molar-refractivity contribution is 7.99. The summed E-state index contributed by atoms with van der Waals surface area (Å²) in [6.45, 7) is 0. The Bertz CT molecular complexity index is 1020. The van der Waals surface area contributed by atoms with Crippen molar-refractivity contribution in [3.63, 3.8) is 0 Å². The number of aromatic nitrogens is 2. The maximum absolute atomic E-state index is 11.3. The van der Waals surface area contributed by atoms with E-state index in [0.717, 1.165) is 32.5 Å². The number of carbonyl (C=O) groups is 1. The molecule has 2 atom stereocenters. The summed E-state index contributed by atoms with van der Waals surface area (Å²) in [6, 6.07) is 16.8. The number of amides is 1. The van der Waals surface area contributed by atoms with Crippen molar-refractivity contribution in [1.29, 1.82) is 0 Å². The van der Waals surface area contributed by atoms with Crippen LogP contribution in [0, 0.1) is 5.92 Å². The highest BCUT2D eigenvalue weighted by Gasteiger charge is 2.42. The average Bonchev–Trinajstić information content (AvgIpc) is 3.61. The summed E-state index contributed by atoms with van der Waals surface area (Å²) < 4.78 is 2.10. The monoisotopic (exact) mass is 409 g/mol. The number of nitrogens with zero attached hydrogens (tertiary/aromatic N) is 2. The van der Waals surface area contributed by atoms with Gasteiger partial charge >= 0.3 is 0 Å². The van der Waals surface area contributed by atoms with Gasteiger partial charge in [-0.1, -0.05) is 47.6 Å². The third-order valence-corrected chi connectivity index (χ3v) is 6.71. The zero-order chi connectivity index (χ0) is 19.3. The predicted molar refractivity (Wildman–Crippen MR) is 112 cm³/mol. The summed E-state index contributed by atoms with van der Waals surface area (Å²) in [4.78, 5) is 13.6. The molecule has 0 bridgehead atoms. The maximum Gasteiger partial charge on any atom is 0.221 e.